The van der Waals surface area contributed by atoms with Crippen molar-refractivity contribution < 1.29 is 9.53 Å². The van der Waals surface area contributed by atoms with Crippen molar-refractivity contribution in [1.29, 1.82) is 0 Å². The molecule has 0 atom stereocenters. The third-order valence-electron chi connectivity index (χ3n) is 5.24. The monoisotopic (exact) mass is 480 g/mol. The van der Waals surface area contributed by atoms with Crippen LogP contribution in [0.25, 0.3) is 11.7 Å². The van der Waals surface area contributed by atoms with E-state index in [0.717, 1.165) is 16.9 Å². The molecule has 2 aromatic heterocycles. The Hall–Kier alpha value is -3.17. The molecule has 1 aliphatic heterocycles. The van der Waals surface area contributed by atoms with Gasteiger partial charge < -0.3 is 10.1 Å². The fraction of sp³-hybridized carbons (Fsp3) is 0.250. The molecule has 7 nitrogen and oxygen atoms in total. The number of methoxy groups -OCH3 is 1. The van der Waals surface area contributed by atoms with Gasteiger partial charge in [-0.3, -0.25) is 18.9 Å². The Labute approximate surface area is 201 Å². The van der Waals surface area contributed by atoms with Crippen molar-refractivity contribution in [3.05, 3.63) is 74.5 Å². The lowest BCUT2D eigenvalue weighted by Crippen LogP contribution is -2.34. The number of benzene rings is 1. The van der Waals surface area contributed by atoms with Crippen LogP contribution in [0.5, 0.6) is 5.75 Å². The van der Waals surface area contributed by atoms with Crippen molar-refractivity contribution in [2.45, 2.75) is 33.4 Å². The number of aryl methyl sites for hydroxylation is 1. The molecular weight excluding hydrogens is 456 g/mol. The number of nitrogens with one attached hydrogen (secondary N) is 1. The fourth-order valence-electron chi connectivity index (χ4n) is 3.51. The molecule has 0 unspecified atom stereocenters. The number of rotatable bonds is 6. The van der Waals surface area contributed by atoms with Gasteiger partial charge in [-0.15, -0.1) is 0 Å². The zero-order chi connectivity index (χ0) is 23.7. The number of thiocarbonyl (C=S) groups is 1. The van der Waals surface area contributed by atoms with Gasteiger partial charge in [0.25, 0.3) is 11.5 Å². The van der Waals surface area contributed by atoms with Gasteiger partial charge in [-0.25, -0.2) is 4.98 Å². The fourth-order valence-corrected chi connectivity index (χ4v) is 5.01. The Morgan fingerprint density at radius 2 is 1.91 bits per heavy atom. The molecule has 1 N–H and O–H groups in total. The third kappa shape index (κ3) is 4.65. The molecule has 4 rings (SSSR count). The van der Waals surface area contributed by atoms with Crippen LogP contribution in [-0.2, 0) is 11.3 Å². The minimum absolute atomic E-state index is 0.0606. The smallest absolute Gasteiger partial charge is 0.267 e. The van der Waals surface area contributed by atoms with Crippen molar-refractivity contribution in [3.63, 3.8) is 0 Å². The molecule has 0 radical (unpaired) electrons. The summed E-state index contributed by atoms with van der Waals surface area (Å²) < 4.78 is 7.20. The van der Waals surface area contributed by atoms with E-state index in [1.54, 1.807) is 30.3 Å². The van der Waals surface area contributed by atoms with Crippen molar-refractivity contribution >= 4 is 51.7 Å². The first-order valence-electron chi connectivity index (χ1n) is 10.5. The van der Waals surface area contributed by atoms with Crippen LogP contribution in [0.2, 0.25) is 0 Å². The summed E-state index contributed by atoms with van der Waals surface area (Å²) in [4.78, 5) is 33.0. The van der Waals surface area contributed by atoms with Crippen LogP contribution in [0, 0.1) is 6.92 Å². The van der Waals surface area contributed by atoms with Gasteiger partial charge in [-0.05, 0) is 56.2 Å². The number of nitrogens with zero attached hydrogens (tertiary/aromatic N) is 3. The molecule has 1 aromatic carbocycles. The van der Waals surface area contributed by atoms with E-state index in [1.165, 1.54) is 16.2 Å². The van der Waals surface area contributed by atoms with Gasteiger partial charge in [0.15, 0.2) is 0 Å². The van der Waals surface area contributed by atoms with Crippen LogP contribution >= 0.6 is 24.0 Å². The third-order valence-corrected chi connectivity index (χ3v) is 6.57. The SMILES string of the molecule is COc1ccc(CNc2nc3ccc(C)cn3c(=O)c2C=C2SC(=S)N(C(C)C)C2=O)cc1. The van der Waals surface area contributed by atoms with Gasteiger partial charge in [0.2, 0.25) is 0 Å². The minimum Gasteiger partial charge on any atom is -0.497 e. The Kier molecular flexibility index (Phi) is 6.53. The normalized spacial score (nSPS) is 15.2. The number of thioether (sulfide) groups is 1. The van der Waals surface area contributed by atoms with Gasteiger partial charge in [0.05, 0.1) is 17.6 Å². The molecule has 33 heavy (non-hydrogen) atoms. The second-order valence-electron chi connectivity index (χ2n) is 7.96. The van der Waals surface area contributed by atoms with Crippen molar-refractivity contribution in [3.8, 4) is 5.75 Å². The number of amides is 1. The molecule has 1 amide bonds. The summed E-state index contributed by atoms with van der Waals surface area (Å²) in [5.41, 5.74) is 2.52. The van der Waals surface area contributed by atoms with E-state index in [1.807, 2.05) is 51.1 Å². The van der Waals surface area contributed by atoms with E-state index in [4.69, 9.17) is 17.0 Å². The molecule has 1 fully saturated rings. The lowest BCUT2D eigenvalue weighted by atomic mass is 10.2. The molecule has 170 valence electrons. The summed E-state index contributed by atoms with van der Waals surface area (Å²) in [7, 11) is 1.62. The summed E-state index contributed by atoms with van der Waals surface area (Å²) in [6.45, 7) is 6.18. The average molecular weight is 481 g/mol. The topological polar surface area (TPSA) is 75.9 Å². The Morgan fingerprint density at radius 1 is 1.18 bits per heavy atom. The number of hydrogen-bond donors (Lipinski definition) is 1. The number of pyridine rings is 1. The maximum Gasteiger partial charge on any atom is 0.267 e. The van der Waals surface area contributed by atoms with Crippen LogP contribution in [0.4, 0.5) is 5.82 Å². The van der Waals surface area contributed by atoms with E-state index in [9.17, 15) is 9.59 Å². The Balaban J connectivity index is 1.77. The number of hydrogen-bond acceptors (Lipinski definition) is 7. The maximum absolute atomic E-state index is 13.4. The molecule has 1 saturated heterocycles. The van der Waals surface area contributed by atoms with Crippen LogP contribution in [-0.4, -0.2) is 37.7 Å². The highest BCUT2D eigenvalue weighted by atomic mass is 32.2. The number of anilines is 1. The van der Waals surface area contributed by atoms with Gasteiger partial charge in [-0.2, -0.15) is 0 Å². The average Bonchev–Trinajstić information content (AvgIpc) is 3.08. The summed E-state index contributed by atoms with van der Waals surface area (Å²) >= 11 is 6.59. The van der Waals surface area contributed by atoms with E-state index in [2.05, 4.69) is 10.3 Å². The molecular formula is C24H24N4O3S2. The number of aromatic nitrogens is 2. The molecule has 9 heteroatoms. The summed E-state index contributed by atoms with van der Waals surface area (Å²) in [6, 6.07) is 11.3. The minimum atomic E-state index is -0.254. The number of carbonyl (C=O) groups is 1. The number of carbonyl (C=O) groups excluding carboxylic acids is 1. The van der Waals surface area contributed by atoms with E-state index < -0.39 is 0 Å². The van der Waals surface area contributed by atoms with Gasteiger partial charge in [0.1, 0.15) is 21.5 Å². The molecule has 3 heterocycles. The highest BCUT2D eigenvalue weighted by Gasteiger charge is 2.34. The number of ether oxygens (including phenoxy) is 1. The summed E-state index contributed by atoms with van der Waals surface area (Å²) in [5.74, 6) is 0.980. The van der Waals surface area contributed by atoms with E-state index in [-0.39, 0.29) is 17.5 Å². The standard InChI is InChI=1S/C24H24N4O3S2/c1-14(2)28-23(30)19(33-24(28)32)11-18-21(25-12-16-6-8-17(31-4)9-7-16)26-20-10-5-15(3)13-27(20)22(18)29/h5-11,13-14,25H,12H2,1-4H3. The van der Waals surface area contributed by atoms with Crippen LogP contribution < -0.4 is 15.6 Å². The first kappa shape index (κ1) is 23.0. The second kappa shape index (κ2) is 9.36. The molecule has 0 bridgehead atoms. The Morgan fingerprint density at radius 3 is 2.55 bits per heavy atom. The molecule has 0 aliphatic carbocycles. The van der Waals surface area contributed by atoms with Crippen LogP contribution in [0.3, 0.4) is 0 Å². The zero-order valence-electron chi connectivity index (χ0n) is 18.8. The molecule has 0 saturated carbocycles. The summed E-state index contributed by atoms with van der Waals surface area (Å²) in [6.07, 6.45) is 3.34. The van der Waals surface area contributed by atoms with Crippen molar-refractivity contribution in [2.75, 3.05) is 12.4 Å². The predicted octanol–water partition coefficient (Wildman–Crippen LogP) is 4.23. The largest absolute Gasteiger partial charge is 0.497 e. The van der Waals surface area contributed by atoms with E-state index in [0.29, 0.717) is 32.8 Å². The van der Waals surface area contributed by atoms with Gasteiger partial charge in [0, 0.05) is 18.8 Å². The highest BCUT2D eigenvalue weighted by Crippen LogP contribution is 2.34. The van der Waals surface area contributed by atoms with Crippen LogP contribution in [0.1, 0.15) is 30.5 Å². The van der Waals surface area contributed by atoms with Crippen molar-refractivity contribution in [1.82, 2.24) is 14.3 Å². The lowest BCUT2D eigenvalue weighted by molar-refractivity contribution is -0.123. The van der Waals surface area contributed by atoms with Crippen molar-refractivity contribution in [2.24, 2.45) is 0 Å². The molecule has 3 aromatic rings. The van der Waals surface area contributed by atoms with Gasteiger partial charge in [-0.1, -0.05) is 42.2 Å². The van der Waals surface area contributed by atoms with Gasteiger partial charge >= 0.3 is 0 Å². The summed E-state index contributed by atoms with van der Waals surface area (Å²) in [5, 5.41) is 3.27. The first-order valence-corrected chi connectivity index (χ1v) is 11.7. The second-order valence-corrected chi connectivity index (χ2v) is 9.64. The predicted molar refractivity (Wildman–Crippen MR) is 137 cm³/mol. The van der Waals surface area contributed by atoms with Crippen LogP contribution in [0.15, 0.2) is 52.3 Å². The highest BCUT2D eigenvalue weighted by molar-refractivity contribution is 8.26. The van der Waals surface area contributed by atoms with E-state index >= 15 is 0 Å². The quantitative estimate of drug-likeness (QED) is 0.418. The Bertz CT molecular complexity index is 1330. The number of fused-ring (bicyclic) bond motifs is 1. The zero-order valence-corrected chi connectivity index (χ0v) is 20.4. The lowest BCUT2D eigenvalue weighted by Gasteiger charge is -2.18. The maximum atomic E-state index is 13.4. The first-order chi connectivity index (χ1) is 15.8. The molecule has 1 aliphatic rings. The molecule has 0 spiro atoms.